The van der Waals surface area contributed by atoms with E-state index in [2.05, 4.69) is 25.2 Å². The van der Waals surface area contributed by atoms with Gasteiger partial charge in [0.2, 0.25) is 0 Å². The Labute approximate surface area is 216 Å². The number of nitrogens with zero attached hydrogens (tertiary/aromatic N) is 3. The molecule has 0 saturated carbocycles. The number of rotatable bonds is 5. The second-order valence-electron chi connectivity index (χ2n) is 8.46. The molecule has 4 N–H and O–H groups in total. The number of halogens is 2. The number of carboxylic acids is 1. The molecule has 1 saturated heterocycles. The SMILES string of the molecule is CC.O=C(O)c1c[nH]c(=O)c2c(Nc3ccc(N4CCC(O)CC4)cn3)cc(-c3c(F)cccc3F)nc12. The number of piperidine rings is 1. The molecule has 198 valence electrons. The molecule has 5 rings (SSSR count). The molecule has 0 spiro atoms. The van der Waals surface area contributed by atoms with Gasteiger partial charge in [-0.1, -0.05) is 19.9 Å². The molecule has 0 aliphatic carbocycles. The van der Waals surface area contributed by atoms with Gasteiger partial charge in [0.25, 0.3) is 5.56 Å². The molecule has 1 aliphatic rings. The lowest BCUT2D eigenvalue weighted by Crippen LogP contribution is -2.35. The highest BCUT2D eigenvalue weighted by Crippen LogP contribution is 2.32. The molecule has 4 heterocycles. The highest BCUT2D eigenvalue weighted by molar-refractivity contribution is 6.06. The van der Waals surface area contributed by atoms with Crippen molar-refractivity contribution in [3.63, 3.8) is 0 Å². The van der Waals surface area contributed by atoms with Crippen molar-refractivity contribution in [2.45, 2.75) is 32.8 Å². The quantitative estimate of drug-likeness (QED) is 0.296. The second kappa shape index (κ2) is 11.3. The van der Waals surface area contributed by atoms with Gasteiger partial charge in [-0.25, -0.2) is 23.5 Å². The van der Waals surface area contributed by atoms with Crippen molar-refractivity contribution in [1.29, 1.82) is 0 Å². The zero-order chi connectivity index (χ0) is 27.4. The zero-order valence-electron chi connectivity index (χ0n) is 20.8. The van der Waals surface area contributed by atoms with E-state index in [0.29, 0.717) is 31.7 Å². The number of anilines is 3. The number of aromatic nitrogens is 3. The maximum absolute atomic E-state index is 14.6. The Morgan fingerprint density at radius 1 is 1.13 bits per heavy atom. The first-order valence-electron chi connectivity index (χ1n) is 12.2. The average molecular weight is 524 g/mol. The number of carboxylic acid groups (broad SMARTS) is 1. The zero-order valence-corrected chi connectivity index (χ0v) is 20.8. The van der Waals surface area contributed by atoms with Gasteiger partial charge in [0.05, 0.1) is 45.8 Å². The summed E-state index contributed by atoms with van der Waals surface area (Å²) in [6, 6.07) is 8.11. The first-order valence-corrected chi connectivity index (χ1v) is 12.2. The Hall–Kier alpha value is -4.38. The fourth-order valence-corrected chi connectivity index (χ4v) is 4.29. The van der Waals surface area contributed by atoms with Crippen LogP contribution in [0.25, 0.3) is 22.2 Å². The lowest BCUT2D eigenvalue weighted by atomic mass is 10.1. The Morgan fingerprint density at radius 2 is 1.82 bits per heavy atom. The minimum atomic E-state index is -1.37. The second-order valence-corrected chi connectivity index (χ2v) is 8.46. The summed E-state index contributed by atoms with van der Waals surface area (Å²) < 4.78 is 29.1. The number of H-pyrrole nitrogens is 1. The van der Waals surface area contributed by atoms with Gasteiger partial charge < -0.3 is 25.4 Å². The number of aliphatic hydroxyl groups is 1. The van der Waals surface area contributed by atoms with Crippen LogP contribution < -0.4 is 15.8 Å². The number of fused-ring (bicyclic) bond motifs is 1. The van der Waals surface area contributed by atoms with E-state index in [0.717, 1.165) is 24.0 Å². The molecular formula is C27H27F2N5O4. The number of carbonyl (C=O) groups is 1. The number of hydrogen-bond donors (Lipinski definition) is 4. The number of benzene rings is 1. The van der Waals surface area contributed by atoms with Crippen LogP contribution in [0, 0.1) is 11.6 Å². The Kier molecular flexibility index (Phi) is 7.96. The van der Waals surface area contributed by atoms with E-state index in [1.165, 1.54) is 12.1 Å². The fraction of sp³-hybridized carbons (Fsp3) is 0.259. The summed E-state index contributed by atoms with van der Waals surface area (Å²) in [6.45, 7) is 5.38. The summed E-state index contributed by atoms with van der Waals surface area (Å²) in [6.07, 6.45) is 3.64. The molecule has 0 amide bonds. The molecule has 38 heavy (non-hydrogen) atoms. The molecule has 0 radical (unpaired) electrons. The molecule has 1 aromatic carbocycles. The molecule has 0 bridgehead atoms. The van der Waals surface area contributed by atoms with Crippen LogP contribution in [0.1, 0.15) is 37.0 Å². The lowest BCUT2D eigenvalue weighted by molar-refractivity contribution is 0.0698. The Bertz CT molecular complexity index is 1500. The van der Waals surface area contributed by atoms with Crippen molar-refractivity contribution in [3.8, 4) is 11.3 Å². The molecule has 11 heteroatoms. The minimum absolute atomic E-state index is 0.0864. The molecule has 1 fully saturated rings. The van der Waals surface area contributed by atoms with Crippen molar-refractivity contribution < 1.29 is 23.8 Å². The van der Waals surface area contributed by atoms with Crippen LogP contribution in [0.15, 0.2) is 53.6 Å². The van der Waals surface area contributed by atoms with Crippen LogP contribution in [0.2, 0.25) is 0 Å². The fourth-order valence-electron chi connectivity index (χ4n) is 4.29. The molecule has 0 unspecified atom stereocenters. The summed E-state index contributed by atoms with van der Waals surface area (Å²) in [7, 11) is 0. The van der Waals surface area contributed by atoms with E-state index in [4.69, 9.17) is 0 Å². The van der Waals surface area contributed by atoms with E-state index in [-0.39, 0.29) is 34.0 Å². The van der Waals surface area contributed by atoms with E-state index >= 15 is 0 Å². The molecule has 9 nitrogen and oxygen atoms in total. The average Bonchev–Trinajstić information content (AvgIpc) is 2.90. The smallest absolute Gasteiger partial charge is 0.339 e. The highest BCUT2D eigenvalue weighted by atomic mass is 19.1. The third-order valence-corrected chi connectivity index (χ3v) is 6.14. The van der Waals surface area contributed by atoms with Crippen LogP contribution >= 0.6 is 0 Å². The highest BCUT2D eigenvalue weighted by Gasteiger charge is 2.21. The number of aromatic carboxylic acids is 1. The van der Waals surface area contributed by atoms with Gasteiger partial charge in [0.15, 0.2) is 0 Å². The molecule has 4 aromatic rings. The molecule has 1 aliphatic heterocycles. The predicted octanol–water partition coefficient (Wildman–Crippen LogP) is 4.69. The van der Waals surface area contributed by atoms with Gasteiger partial charge in [-0.2, -0.15) is 0 Å². The largest absolute Gasteiger partial charge is 0.478 e. The van der Waals surface area contributed by atoms with E-state index < -0.39 is 28.7 Å². The van der Waals surface area contributed by atoms with E-state index in [1.54, 1.807) is 12.3 Å². The van der Waals surface area contributed by atoms with E-state index in [1.807, 2.05) is 19.9 Å². The Balaban J connectivity index is 0.00000164. The van der Waals surface area contributed by atoms with Gasteiger partial charge in [-0.3, -0.25) is 4.79 Å². The first kappa shape index (κ1) is 26.7. The van der Waals surface area contributed by atoms with Crippen LogP contribution in [0.4, 0.5) is 26.0 Å². The summed E-state index contributed by atoms with van der Waals surface area (Å²) in [5.74, 6) is -2.81. The molecule has 3 aromatic heterocycles. The van der Waals surface area contributed by atoms with Crippen molar-refractivity contribution >= 4 is 34.1 Å². The summed E-state index contributed by atoms with van der Waals surface area (Å²) >= 11 is 0. The normalized spacial score (nSPS) is 13.7. The van der Waals surface area contributed by atoms with Crippen molar-refractivity contribution in [2.24, 2.45) is 0 Å². The van der Waals surface area contributed by atoms with Crippen LogP contribution in [0.3, 0.4) is 0 Å². The predicted molar refractivity (Wildman–Crippen MR) is 141 cm³/mol. The number of hydrogen-bond acceptors (Lipinski definition) is 7. The lowest BCUT2D eigenvalue weighted by Gasteiger charge is -2.31. The third-order valence-electron chi connectivity index (χ3n) is 6.14. The van der Waals surface area contributed by atoms with Crippen molar-refractivity contribution in [3.05, 3.63) is 76.3 Å². The van der Waals surface area contributed by atoms with Gasteiger partial charge in [-0.15, -0.1) is 0 Å². The summed E-state index contributed by atoms with van der Waals surface area (Å²) in [5, 5.41) is 22.2. The van der Waals surface area contributed by atoms with Crippen molar-refractivity contribution in [1.82, 2.24) is 15.0 Å². The first-order chi connectivity index (χ1) is 18.3. The number of aromatic amines is 1. The molecule has 0 atom stereocenters. The van der Waals surface area contributed by atoms with Gasteiger partial charge in [0.1, 0.15) is 23.0 Å². The number of pyridine rings is 3. The van der Waals surface area contributed by atoms with Crippen LogP contribution in [-0.4, -0.2) is 50.3 Å². The maximum atomic E-state index is 14.6. The van der Waals surface area contributed by atoms with Gasteiger partial charge in [0, 0.05) is 19.3 Å². The van der Waals surface area contributed by atoms with Gasteiger partial charge in [-0.05, 0) is 43.2 Å². The van der Waals surface area contributed by atoms with Crippen LogP contribution in [-0.2, 0) is 0 Å². The monoisotopic (exact) mass is 523 g/mol. The standard InChI is InChI=1S/C25H21F2N5O4.C2H6/c26-16-2-1-3-17(27)21(16)18-10-19(22-23(31-18)15(25(35)36)12-29-24(22)34)30-20-5-4-13(11-28-20)32-8-6-14(33)7-9-32;1-2/h1-5,10-12,14,33H,6-9H2,(H,29,34)(H,35,36)(H,28,30,31);1-2H3. The summed E-state index contributed by atoms with van der Waals surface area (Å²) in [5.41, 5.74) is -0.879. The van der Waals surface area contributed by atoms with E-state index in [9.17, 15) is 28.6 Å². The maximum Gasteiger partial charge on any atom is 0.339 e. The van der Waals surface area contributed by atoms with Crippen LogP contribution in [0.5, 0.6) is 0 Å². The minimum Gasteiger partial charge on any atom is -0.478 e. The molecular weight excluding hydrogens is 496 g/mol. The van der Waals surface area contributed by atoms with Crippen molar-refractivity contribution in [2.75, 3.05) is 23.3 Å². The van der Waals surface area contributed by atoms with Gasteiger partial charge >= 0.3 is 5.97 Å². The number of aliphatic hydroxyl groups excluding tert-OH is 1. The summed E-state index contributed by atoms with van der Waals surface area (Å²) in [4.78, 5) is 37.6. The Morgan fingerprint density at radius 3 is 2.42 bits per heavy atom. The number of nitrogens with one attached hydrogen (secondary N) is 2. The topological polar surface area (TPSA) is 131 Å². The third kappa shape index (κ3) is 5.32.